The highest BCUT2D eigenvalue weighted by Crippen LogP contribution is 2.20. The highest BCUT2D eigenvalue weighted by Gasteiger charge is 2.19. The Kier molecular flexibility index (Phi) is 2.57. The van der Waals surface area contributed by atoms with E-state index in [1.807, 2.05) is 20.8 Å². The van der Waals surface area contributed by atoms with E-state index in [1.165, 1.54) is 0 Å². The summed E-state index contributed by atoms with van der Waals surface area (Å²) in [6.07, 6.45) is 1.64. The number of aromatic nitrogens is 2. The van der Waals surface area contributed by atoms with Crippen LogP contribution in [0.3, 0.4) is 0 Å². The molecular weight excluding hydrogens is 172 g/mol. The lowest BCUT2D eigenvalue weighted by Crippen LogP contribution is -2.16. The van der Waals surface area contributed by atoms with Gasteiger partial charge in [0.1, 0.15) is 16.3 Å². The van der Waals surface area contributed by atoms with Crippen LogP contribution in [-0.4, -0.2) is 16.5 Å². The Bertz CT molecular complexity index is 280. The third-order valence-corrected chi connectivity index (χ3v) is 2.33. The third kappa shape index (κ3) is 2.37. The van der Waals surface area contributed by atoms with E-state index in [0.29, 0.717) is 6.42 Å². The second kappa shape index (κ2) is 3.31. The van der Waals surface area contributed by atoms with Crippen molar-refractivity contribution in [3.8, 4) is 0 Å². The Hall–Kier alpha value is -0.770. The van der Waals surface area contributed by atoms with Gasteiger partial charge in [-0.3, -0.25) is 0 Å². The Morgan fingerprint density at radius 2 is 2.17 bits per heavy atom. The van der Waals surface area contributed by atoms with Crippen molar-refractivity contribution in [1.82, 2.24) is 10.2 Å². The molecule has 12 heavy (non-hydrogen) atoms. The number of aryl methyl sites for hydroxylation is 1. The maximum Gasteiger partial charge on any atom is 0.126 e. The molecule has 66 valence electrons. The molecule has 1 rings (SSSR count). The number of hydrogen-bond donors (Lipinski definition) is 0. The fourth-order valence-electron chi connectivity index (χ4n) is 0.840. The van der Waals surface area contributed by atoms with Crippen LogP contribution in [0.1, 0.15) is 23.9 Å². The smallest absolute Gasteiger partial charge is 0.126 e. The number of carbonyl (C=O) groups is 1. The Morgan fingerprint density at radius 3 is 2.58 bits per heavy atom. The molecule has 3 nitrogen and oxygen atoms in total. The molecule has 0 aliphatic rings. The zero-order chi connectivity index (χ0) is 9.19. The van der Waals surface area contributed by atoms with Gasteiger partial charge in [-0.1, -0.05) is 13.8 Å². The third-order valence-electron chi connectivity index (χ3n) is 1.49. The molecule has 1 aromatic heterocycles. The van der Waals surface area contributed by atoms with Gasteiger partial charge in [-0.05, 0) is 6.92 Å². The normalized spacial score (nSPS) is 11.6. The van der Waals surface area contributed by atoms with Crippen molar-refractivity contribution in [1.29, 1.82) is 0 Å². The minimum atomic E-state index is -0.314. The summed E-state index contributed by atoms with van der Waals surface area (Å²) in [5.41, 5.74) is -0.314. The van der Waals surface area contributed by atoms with Crippen LogP contribution in [0.25, 0.3) is 0 Å². The van der Waals surface area contributed by atoms with Crippen LogP contribution in [0, 0.1) is 12.3 Å². The molecule has 0 N–H and O–H groups in total. The Labute approximate surface area is 75.8 Å². The van der Waals surface area contributed by atoms with Gasteiger partial charge >= 0.3 is 0 Å². The minimum absolute atomic E-state index is 0.314. The molecule has 0 aliphatic carbocycles. The van der Waals surface area contributed by atoms with Gasteiger partial charge in [0.2, 0.25) is 0 Å². The van der Waals surface area contributed by atoms with Crippen LogP contribution < -0.4 is 0 Å². The van der Waals surface area contributed by atoms with E-state index >= 15 is 0 Å². The van der Waals surface area contributed by atoms with Crippen molar-refractivity contribution in [2.24, 2.45) is 5.41 Å². The number of hydrogen-bond acceptors (Lipinski definition) is 4. The summed E-state index contributed by atoms with van der Waals surface area (Å²) in [5.74, 6) is 0. The monoisotopic (exact) mass is 184 g/mol. The standard InChI is InChI=1S/C8H12N2OS/c1-6-9-10-7(12-6)4-8(2,3)5-11/h5H,4H2,1-3H3. The first kappa shape index (κ1) is 9.32. The van der Waals surface area contributed by atoms with Crippen molar-refractivity contribution in [2.45, 2.75) is 27.2 Å². The predicted molar refractivity (Wildman–Crippen MR) is 48.2 cm³/mol. The molecule has 0 unspecified atom stereocenters. The molecule has 0 amide bonds. The summed E-state index contributed by atoms with van der Waals surface area (Å²) in [4.78, 5) is 10.6. The minimum Gasteiger partial charge on any atom is -0.303 e. The molecule has 0 aromatic carbocycles. The van der Waals surface area contributed by atoms with E-state index < -0.39 is 0 Å². The van der Waals surface area contributed by atoms with Crippen LogP contribution >= 0.6 is 11.3 Å². The Morgan fingerprint density at radius 1 is 1.50 bits per heavy atom. The highest BCUT2D eigenvalue weighted by atomic mass is 32.1. The van der Waals surface area contributed by atoms with Crippen molar-refractivity contribution in [2.75, 3.05) is 0 Å². The first-order chi connectivity index (χ1) is 5.53. The van der Waals surface area contributed by atoms with E-state index in [9.17, 15) is 4.79 Å². The quantitative estimate of drug-likeness (QED) is 0.670. The van der Waals surface area contributed by atoms with Gasteiger partial charge in [-0.25, -0.2) is 0 Å². The van der Waals surface area contributed by atoms with Crippen LogP contribution in [0.2, 0.25) is 0 Å². The maximum atomic E-state index is 10.6. The SMILES string of the molecule is Cc1nnc(CC(C)(C)C=O)s1. The molecule has 4 heteroatoms. The highest BCUT2D eigenvalue weighted by molar-refractivity contribution is 7.11. The molecule has 0 aliphatic heterocycles. The zero-order valence-electron chi connectivity index (χ0n) is 7.50. The van der Waals surface area contributed by atoms with Crippen LogP contribution in [-0.2, 0) is 11.2 Å². The van der Waals surface area contributed by atoms with E-state index in [0.717, 1.165) is 16.3 Å². The van der Waals surface area contributed by atoms with Gasteiger partial charge in [0.05, 0.1) is 0 Å². The molecule has 1 heterocycles. The predicted octanol–water partition coefficient (Wildman–Crippen LogP) is 1.61. The molecular formula is C8H12N2OS. The first-order valence-electron chi connectivity index (χ1n) is 3.79. The summed E-state index contributed by atoms with van der Waals surface area (Å²) in [6.45, 7) is 5.71. The second-order valence-corrected chi connectivity index (χ2v) is 4.76. The van der Waals surface area contributed by atoms with Crippen molar-refractivity contribution < 1.29 is 4.79 Å². The summed E-state index contributed by atoms with van der Waals surface area (Å²) in [7, 11) is 0. The van der Waals surface area contributed by atoms with Gasteiger partial charge in [0.15, 0.2) is 0 Å². The van der Waals surface area contributed by atoms with Crippen LogP contribution in [0.4, 0.5) is 0 Å². The van der Waals surface area contributed by atoms with Gasteiger partial charge in [0.25, 0.3) is 0 Å². The molecule has 0 radical (unpaired) electrons. The van der Waals surface area contributed by atoms with Crippen LogP contribution in [0.15, 0.2) is 0 Å². The van der Waals surface area contributed by atoms with Gasteiger partial charge in [-0.2, -0.15) is 0 Å². The summed E-state index contributed by atoms with van der Waals surface area (Å²) in [6, 6.07) is 0. The lowest BCUT2D eigenvalue weighted by molar-refractivity contribution is -0.114. The van der Waals surface area contributed by atoms with E-state index in [4.69, 9.17) is 0 Å². The maximum absolute atomic E-state index is 10.6. The topological polar surface area (TPSA) is 42.9 Å². The van der Waals surface area contributed by atoms with Crippen molar-refractivity contribution in [3.05, 3.63) is 10.0 Å². The number of nitrogens with zero attached hydrogens (tertiary/aromatic N) is 2. The molecule has 1 aromatic rings. The van der Waals surface area contributed by atoms with Crippen molar-refractivity contribution >= 4 is 17.6 Å². The molecule has 0 fully saturated rings. The molecule has 0 saturated carbocycles. The molecule has 0 spiro atoms. The fourth-order valence-corrected chi connectivity index (χ4v) is 1.79. The molecule has 0 atom stereocenters. The summed E-state index contributed by atoms with van der Waals surface area (Å²) in [5, 5.41) is 9.73. The average molecular weight is 184 g/mol. The average Bonchev–Trinajstić information content (AvgIpc) is 2.35. The van der Waals surface area contributed by atoms with Crippen LogP contribution in [0.5, 0.6) is 0 Å². The molecule has 0 saturated heterocycles. The fraction of sp³-hybridized carbons (Fsp3) is 0.625. The summed E-state index contributed by atoms with van der Waals surface area (Å²) >= 11 is 1.55. The lowest BCUT2D eigenvalue weighted by atomic mass is 9.92. The largest absolute Gasteiger partial charge is 0.303 e. The van der Waals surface area contributed by atoms with E-state index in [-0.39, 0.29) is 5.41 Å². The van der Waals surface area contributed by atoms with E-state index in [1.54, 1.807) is 11.3 Å². The summed E-state index contributed by atoms with van der Waals surface area (Å²) < 4.78 is 0. The molecule has 0 bridgehead atoms. The number of carbonyl (C=O) groups excluding carboxylic acids is 1. The number of aldehydes is 1. The van der Waals surface area contributed by atoms with E-state index in [2.05, 4.69) is 10.2 Å². The Balaban J connectivity index is 2.69. The van der Waals surface area contributed by atoms with Gasteiger partial charge < -0.3 is 4.79 Å². The number of rotatable bonds is 3. The van der Waals surface area contributed by atoms with Gasteiger partial charge in [0, 0.05) is 11.8 Å². The lowest BCUT2D eigenvalue weighted by Gasteiger charge is -2.12. The first-order valence-corrected chi connectivity index (χ1v) is 4.60. The second-order valence-electron chi connectivity index (χ2n) is 3.50. The van der Waals surface area contributed by atoms with Crippen molar-refractivity contribution in [3.63, 3.8) is 0 Å². The zero-order valence-corrected chi connectivity index (χ0v) is 8.31. The van der Waals surface area contributed by atoms with Gasteiger partial charge in [-0.15, -0.1) is 21.5 Å².